The van der Waals surface area contributed by atoms with Crippen molar-refractivity contribution >= 4 is 164 Å². The number of fused-ring (bicyclic) bond motifs is 23. The van der Waals surface area contributed by atoms with Gasteiger partial charge >= 0.3 is 0 Å². The predicted molar refractivity (Wildman–Crippen MR) is 624 cm³/mol. The highest BCUT2D eigenvalue weighted by molar-refractivity contribution is 6.25. The summed E-state index contributed by atoms with van der Waals surface area (Å²) in [7, 11) is 0. The molecule has 0 aliphatic heterocycles. The van der Waals surface area contributed by atoms with Gasteiger partial charge in [0.15, 0.2) is 0 Å². The van der Waals surface area contributed by atoms with Crippen molar-refractivity contribution < 1.29 is 13.3 Å². The van der Waals surface area contributed by atoms with Crippen molar-refractivity contribution in [2.45, 2.75) is 0 Å². The molecular formula is C141H88N6O3. The van der Waals surface area contributed by atoms with E-state index in [2.05, 4.69) is 480 Å². The molecule has 9 heterocycles. The zero-order chi connectivity index (χ0) is 98.8. The van der Waals surface area contributed by atoms with Crippen molar-refractivity contribution in [1.29, 1.82) is 0 Å². The van der Waals surface area contributed by atoms with Crippen LogP contribution < -0.4 is 0 Å². The topological polar surface area (TPSA) is 92.9 Å². The summed E-state index contributed by atoms with van der Waals surface area (Å²) in [5, 5.41) is 21.3. The first-order valence-corrected chi connectivity index (χ1v) is 50.9. The van der Waals surface area contributed by atoms with Crippen LogP contribution in [-0.4, -0.2) is 28.7 Å². The van der Waals surface area contributed by atoms with E-state index in [1.165, 1.54) is 131 Å². The average molecular weight is 1910 g/mol. The van der Waals surface area contributed by atoms with Crippen molar-refractivity contribution in [3.8, 4) is 129 Å². The Morgan fingerprint density at radius 2 is 0.500 bits per heavy atom. The zero-order valence-electron chi connectivity index (χ0n) is 81.2. The number of benzene rings is 22. The SMILES string of the molecule is c1ccc(-c2cc(-c3ccccn3)nc(-n3c4ccc(-c5ccc6oc7ccccc7c6c5)cc4c4c5ccccc5ccc43)c2)cc1.c1ccc(-c2ccc(-c3cc(-c4ccc(-c5ccccc5)cc4)cc(-n4c5ccccc5c5cc(-c6ccc7oc8ccccc8c7c6)ccc54)c3)cc2)cc1.c1ccc(-c2cnc(-n3c4ccc(-c5ccc6oc7ccccc7c6c5)cc4c4c5ccccc5ccc43)c3ccccc23)cc1. The molecule has 0 N–H and O–H groups in total. The molecule has 0 fully saturated rings. The maximum absolute atomic E-state index is 6.16. The van der Waals surface area contributed by atoms with Gasteiger partial charge in [-0.3, -0.25) is 14.1 Å². The quantitative estimate of drug-likeness (QED) is 0.114. The summed E-state index contributed by atoms with van der Waals surface area (Å²) in [6.45, 7) is 0. The first-order chi connectivity index (χ1) is 74.3. The summed E-state index contributed by atoms with van der Waals surface area (Å²) >= 11 is 0. The van der Waals surface area contributed by atoms with Gasteiger partial charge in [0.05, 0.1) is 44.5 Å². The first-order valence-electron chi connectivity index (χ1n) is 50.9. The zero-order valence-corrected chi connectivity index (χ0v) is 81.2. The Balaban J connectivity index is 0.000000106. The predicted octanol–water partition coefficient (Wildman–Crippen LogP) is 38.4. The van der Waals surface area contributed by atoms with E-state index in [1.807, 2.05) is 73.1 Å². The third kappa shape index (κ3) is 15.0. The Labute approximate surface area is 862 Å². The number of para-hydroxylation sites is 4. The van der Waals surface area contributed by atoms with E-state index in [9.17, 15) is 0 Å². The molecular weight excluding hydrogens is 1830 g/mol. The molecule has 31 rings (SSSR count). The molecule has 0 saturated heterocycles. The lowest BCUT2D eigenvalue weighted by molar-refractivity contribution is 0.668. The largest absolute Gasteiger partial charge is 0.456 e. The van der Waals surface area contributed by atoms with Crippen molar-refractivity contribution in [3.63, 3.8) is 0 Å². The Hall–Kier alpha value is -20.1. The van der Waals surface area contributed by atoms with Gasteiger partial charge in [0.2, 0.25) is 0 Å². The summed E-state index contributed by atoms with van der Waals surface area (Å²) in [5.74, 6) is 1.79. The maximum Gasteiger partial charge on any atom is 0.145 e. The summed E-state index contributed by atoms with van der Waals surface area (Å²) in [4.78, 5) is 15.2. The number of hydrogen-bond acceptors (Lipinski definition) is 6. The number of hydrogen-bond donors (Lipinski definition) is 0. The fourth-order valence-electron chi connectivity index (χ4n) is 22.9. The minimum Gasteiger partial charge on any atom is -0.456 e. The van der Waals surface area contributed by atoms with Crippen molar-refractivity contribution in [1.82, 2.24) is 28.7 Å². The van der Waals surface area contributed by atoms with Gasteiger partial charge in [-0.05, 0) is 273 Å². The first kappa shape index (κ1) is 86.5. The average Bonchev–Trinajstić information content (AvgIpc) is 1.56. The fraction of sp³-hybridized carbons (Fsp3) is 0. The normalized spacial score (nSPS) is 11.7. The third-order valence-electron chi connectivity index (χ3n) is 30.1. The van der Waals surface area contributed by atoms with Crippen LogP contribution in [0.2, 0.25) is 0 Å². The highest BCUT2D eigenvalue weighted by atomic mass is 16.3. The van der Waals surface area contributed by atoms with Gasteiger partial charge in [-0.1, -0.05) is 370 Å². The Morgan fingerprint density at radius 1 is 0.167 bits per heavy atom. The molecule has 31 aromatic rings. The van der Waals surface area contributed by atoms with Crippen molar-refractivity contribution in [3.05, 3.63) is 534 Å². The molecule has 700 valence electrons. The molecule has 0 atom stereocenters. The lowest BCUT2D eigenvalue weighted by Crippen LogP contribution is -2.00. The van der Waals surface area contributed by atoms with Crippen LogP contribution in [-0.2, 0) is 0 Å². The van der Waals surface area contributed by atoms with Crippen LogP contribution in [0.5, 0.6) is 0 Å². The van der Waals surface area contributed by atoms with E-state index in [1.54, 1.807) is 0 Å². The summed E-state index contributed by atoms with van der Waals surface area (Å²) in [6, 6.07) is 186. The molecule has 0 radical (unpaired) electrons. The Morgan fingerprint density at radius 3 is 0.980 bits per heavy atom. The second-order valence-corrected chi connectivity index (χ2v) is 38.8. The van der Waals surface area contributed by atoms with Gasteiger partial charge < -0.3 is 17.8 Å². The molecule has 0 saturated carbocycles. The second kappa shape index (κ2) is 36.0. The van der Waals surface area contributed by atoms with Crippen molar-refractivity contribution in [2.24, 2.45) is 0 Å². The van der Waals surface area contributed by atoms with Crippen LogP contribution in [0, 0.1) is 0 Å². The van der Waals surface area contributed by atoms with Crippen LogP contribution in [0.3, 0.4) is 0 Å². The molecule has 22 aromatic carbocycles. The standard InChI is InChI=1S/C54H35NO.C44H27N3O.C43H26N2O/c1-3-11-36(12-4-1)38-19-23-40(24-20-38)44-31-45(41-25-21-39(22-26-41)37-13-5-2-6-14-37)33-46(32-44)55-51-17-9-7-15-47(51)49-34-42(27-29-52(49)55)43-28-30-54-50(35-43)48-16-8-10-18-53(48)56-54;1-2-10-28(11-3-1)32-26-38(37-15-8-9-23-45-37)46-43(27-32)47-39-20-18-30(25-36(39)44-33-13-5-4-12-29(33)17-21-40(44)47)31-19-22-42-35(24-31)34-14-6-7-16-41(34)48-42;1-2-10-27(11-3-1)37-26-44-43(34-16-7-6-14-32(34)37)45-38-21-19-29(25-36(38)42-31-13-5-4-12-28(31)18-22-39(42)45)30-20-23-41-35(24-30)33-15-8-9-17-40(33)46-41/h1-35H;1-27H;1-26H. The Bertz CT molecular complexity index is 10600. The highest BCUT2D eigenvalue weighted by Crippen LogP contribution is 2.48. The number of nitrogens with zero attached hydrogens (tertiary/aromatic N) is 6. The molecule has 9 aromatic heterocycles. The van der Waals surface area contributed by atoms with Gasteiger partial charge in [-0.15, -0.1) is 0 Å². The molecule has 150 heavy (non-hydrogen) atoms. The van der Waals surface area contributed by atoms with Crippen LogP contribution in [0.1, 0.15) is 0 Å². The van der Waals surface area contributed by atoms with E-state index in [0.29, 0.717) is 0 Å². The molecule has 0 aliphatic rings. The minimum absolute atomic E-state index is 0.833. The Kier molecular flexibility index (Phi) is 20.8. The highest BCUT2D eigenvalue weighted by Gasteiger charge is 2.26. The third-order valence-corrected chi connectivity index (χ3v) is 30.1. The maximum atomic E-state index is 6.16. The van der Waals surface area contributed by atoms with Crippen molar-refractivity contribution in [2.75, 3.05) is 0 Å². The van der Waals surface area contributed by atoms with Gasteiger partial charge in [0.1, 0.15) is 45.1 Å². The smallest absolute Gasteiger partial charge is 0.145 e. The number of rotatable bonds is 13. The molecule has 0 bridgehead atoms. The van der Waals surface area contributed by atoms with Crippen LogP contribution in [0.4, 0.5) is 0 Å². The molecule has 0 spiro atoms. The molecule has 0 unspecified atom stereocenters. The molecule has 0 aliphatic carbocycles. The lowest BCUT2D eigenvalue weighted by Gasteiger charge is -2.15. The number of pyridine rings is 3. The molecule has 9 nitrogen and oxygen atoms in total. The number of furan rings is 3. The fourth-order valence-corrected chi connectivity index (χ4v) is 22.9. The van der Waals surface area contributed by atoms with Gasteiger partial charge in [-0.25, -0.2) is 9.97 Å². The summed E-state index contributed by atoms with van der Waals surface area (Å²) in [6.07, 6.45) is 3.86. The monoisotopic (exact) mass is 1910 g/mol. The van der Waals surface area contributed by atoms with Gasteiger partial charge in [0.25, 0.3) is 0 Å². The molecule has 0 amide bonds. The minimum atomic E-state index is 0.833. The van der Waals surface area contributed by atoms with Gasteiger partial charge in [0, 0.05) is 93.7 Å². The van der Waals surface area contributed by atoms with E-state index in [4.69, 9.17) is 23.2 Å². The van der Waals surface area contributed by atoms with E-state index in [0.717, 1.165) is 161 Å². The molecule has 9 heteroatoms. The summed E-state index contributed by atoms with van der Waals surface area (Å²) < 4.78 is 25.5. The van der Waals surface area contributed by atoms with Crippen LogP contribution in [0.15, 0.2) is 547 Å². The lowest BCUT2D eigenvalue weighted by atomic mass is 9.95. The van der Waals surface area contributed by atoms with Gasteiger partial charge in [-0.2, -0.15) is 0 Å². The van der Waals surface area contributed by atoms with E-state index < -0.39 is 0 Å². The second-order valence-electron chi connectivity index (χ2n) is 38.8. The van der Waals surface area contributed by atoms with Crippen LogP contribution in [0.25, 0.3) is 292 Å². The number of aromatic nitrogens is 6. The van der Waals surface area contributed by atoms with Crippen LogP contribution >= 0.6 is 0 Å². The van der Waals surface area contributed by atoms with E-state index >= 15 is 0 Å². The van der Waals surface area contributed by atoms with E-state index in [-0.39, 0.29) is 0 Å². The summed E-state index contributed by atoms with van der Waals surface area (Å²) in [5.41, 5.74) is 36.2.